The molecule has 0 bridgehead atoms. The van der Waals surface area contributed by atoms with E-state index in [9.17, 15) is 28.7 Å². The fraction of sp³-hybridized carbons (Fsp3) is 0.350. The molecule has 21 nitrogen and oxygen atoms in total. The molecule has 0 atom stereocenters. The fourth-order valence-electron chi connectivity index (χ4n) is 13.4. The Kier molecular flexibility index (Phi) is 24.3. The summed E-state index contributed by atoms with van der Waals surface area (Å²) in [6.07, 6.45) is 8.59. The largest absolute Gasteiger partial charge is 0.392 e. The number of hydrogen-bond acceptors (Lipinski definition) is 15. The zero-order valence-electron chi connectivity index (χ0n) is 58.8. The molecule has 23 heteroatoms. The van der Waals surface area contributed by atoms with Gasteiger partial charge in [-0.05, 0) is 159 Å². The van der Waals surface area contributed by atoms with Gasteiger partial charge in [-0.3, -0.25) is 24.1 Å². The van der Waals surface area contributed by atoms with Gasteiger partial charge >= 0.3 is 0 Å². The number of nitrogens with one attached hydrogen (secondary N) is 6. The molecule has 10 aromatic rings. The summed E-state index contributed by atoms with van der Waals surface area (Å²) in [4.78, 5) is 65.8. The normalized spacial score (nSPS) is 14.4. The molecule has 3 aliphatic rings. The van der Waals surface area contributed by atoms with Crippen molar-refractivity contribution >= 4 is 57.1 Å². The molecule has 4 amide bonds. The van der Waals surface area contributed by atoms with Crippen molar-refractivity contribution in [2.75, 3.05) is 63.4 Å². The van der Waals surface area contributed by atoms with Gasteiger partial charge in [-0.2, -0.15) is 10.2 Å². The van der Waals surface area contributed by atoms with Crippen LogP contribution in [0.5, 0.6) is 0 Å². The number of anilines is 2. The van der Waals surface area contributed by atoms with Crippen molar-refractivity contribution < 1.29 is 47.3 Å². The summed E-state index contributed by atoms with van der Waals surface area (Å²) in [6.45, 7) is 17.1. The monoisotopic (exact) mass is 1400 g/mol. The lowest BCUT2D eigenvalue weighted by Crippen LogP contribution is -2.35. The van der Waals surface area contributed by atoms with Crippen molar-refractivity contribution in [3.05, 3.63) is 225 Å². The van der Waals surface area contributed by atoms with Gasteiger partial charge in [0.2, 0.25) is 0 Å². The number of aromatic nitrogens is 6. The Morgan fingerprint density at radius 2 is 0.874 bits per heavy atom. The van der Waals surface area contributed by atoms with E-state index >= 15 is 4.39 Å². The number of aliphatic hydroxyl groups is 1. The average Bonchev–Trinajstić information content (AvgIpc) is 1.66. The predicted octanol–water partition coefficient (Wildman–Crippen LogP) is 11.9. The van der Waals surface area contributed by atoms with E-state index < -0.39 is 5.82 Å². The van der Waals surface area contributed by atoms with E-state index in [2.05, 4.69) is 60.0 Å². The van der Waals surface area contributed by atoms with Crippen LogP contribution in [0.1, 0.15) is 140 Å². The Morgan fingerprint density at radius 3 is 1.29 bits per heavy atom. The molecular formula is C80H89F2N13O8. The van der Waals surface area contributed by atoms with Crippen molar-refractivity contribution in [1.82, 2.24) is 55.7 Å². The van der Waals surface area contributed by atoms with Crippen LogP contribution in [0.3, 0.4) is 0 Å². The maximum Gasteiger partial charge on any atom is 0.251 e. The number of rotatable bonds is 25. The van der Waals surface area contributed by atoms with Crippen LogP contribution in [0.2, 0.25) is 0 Å². The lowest BCUT2D eigenvalue weighted by Gasteiger charge is -2.26. The van der Waals surface area contributed by atoms with E-state index in [0.717, 1.165) is 131 Å². The molecular weight excluding hydrogens is 1310 g/mol. The number of pyridine rings is 2. The molecule has 0 aliphatic carbocycles. The number of fused-ring (bicyclic) bond motifs is 2. The number of ether oxygens (including phenoxy) is 3. The van der Waals surface area contributed by atoms with Crippen LogP contribution in [0.15, 0.2) is 146 Å². The van der Waals surface area contributed by atoms with E-state index in [1.54, 1.807) is 97.1 Å². The van der Waals surface area contributed by atoms with Crippen molar-refractivity contribution in [1.29, 1.82) is 0 Å². The third-order valence-corrected chi connectivity index (χ3v) is 19.1. The molecule has 3 saturated heterocycles. The number of carbonyl (C=O) groups is 4. The van der Waals surface area contributed by atoms with Gasteiger partial charge < -0.3 is 51.2 Å². The summed E-state index contributed by atoms with van der Waals surface area (Å²) in [5.41, 5.74) is 14.1. The quantitative estimate of drug-likeness (QED) is 0.0281. The lowest BCUT2D eigenvalue weighted by atomic mass is 10.00. The highest BCUT2D eigenvalue weighted by Gasteiger charge is 2.26. The highest BCUT2D eigenvalue weighted by molar-refractivity contribution is 6.01. The minimum absolute atomic E-state index is 0.143. The van der Waals surface area contributed by atoms with Gasteiger partial charge in [0.15, 0.2) is 11.3 Å². The van der Waals surface area contributed by atoms with Gasteiger partial charge in [0.1, 0.15) is 11.6 Å². The predicted molar refractivity (Wildman–Crippen MR) is 393 cm³/mol. The first kappa shape index (κ1) is 72.5. The number of halogens is 2. The van der Waals surface area contributed by atoms with Crippen LogP contribution in [-0.2, 0) is 79.5 Å². The van der Waals surface area contributed by atoms with Crippen molar-refractivity contribution in [2.45, 2.75) is 131 Å². The molecule has 7 N–H and O–H groups in total. The van der Waals surface area contributed by atoms with Crippen LogP contribution < -0.4 is 31.9 Å². The van der Waals surface area contributed by atoms with Crippen molar-refractivity contribution in [2.24, 2.45) is 0 Å². The molecule has 536 valence electrons. The van der Waals surface area contributed by atoms with Crippen LogP contribution >= 0.6 is 0 Å². The minimum atomic E-state index is -0.395. The van der Waals surface area contributed by atoms with Gasteiger partial charge in [0.05, 0.1) is 54.4 Å². The Hall–Kier alpha value is -10.3. The first-order chi connectivity index (χ1) is 50.3. The molecule has 0 unspecified atom stereocenters. The summed E-state index contributed by atoms with van der Waals surface area (Å²) in [7, 11) is 0. The smallest absolute Gasteiger partial charge is 0.251 e. The second-order valence-corrected chi connectivity index (χ2v) is 26.0. The number of nitrogens with zero attached hydrogens (tertiary/aromatic N) is 7. The van der Waals surface area contributed by atoms with E-state index in [1.807, 2.05) is 60.7 Å². The number of aliphatic hydroxyl groups excluding tert-OH is 1. The second kappa shape index (κ2) is 34.6. The SMILES string of the molecule is CCc1nc2c(cnn2CC)c(NC2CCOCC2)c1CNC(=O)c1cccc(C(=O)NCc2ccc(F)c(-c3cccc(CN4CCOCC4)c3)c2)c1.CCc1nc2c(cnn2CC)c(NC2CCOCC2)c1CNC(=O)c1cccc(C(=O)NCc2ccc(F)c(-c3cccc(CO)c3)c2)c1. The molecule has 0 spiro atoms. The zero-order chi connectivity index (χ0) is 71.8. The van der Waals surface area contributed by atoms with Gasteiger partial charge in [-0.25, -0.2) is 28.1 Å². The minimum Gasteiger partial charge on any atom is -0.392 e. The number of hydrogen-bond donors (Lipinski definition) is 7. The van der Waals surface area contributed by atoms with Crippen LogP contribution in [0, 0.1) is 11.6 Å². The molecule has 6 aromatic carbocycles. The van der Waals surface area contributed by atoms with E-state index in [1.165, 1.54) is 12.1 Å². The highest BCUT2D eigenvalue weighted by atomic mass is 19.1. The molecule has 4 aromatic heterocycles. The highest BCUT2D eigenvalue weighted by Crippen LogP contribution is 2.34. The molecule has 7 heterocycles. The third kappa shape index (κ3) is 17.8. The maximum atomic E-state index is 15.1. The van der Waals surface area contributed by atoms with Crippen LogP contribution in [-0.4, -0.2) is 128 Å². The topological polar surface area (TPSA) is 253 Å². The molecule has 103 heavy (non-hydrogen) atoms. The second-order valence-electron chi connectivity index (χ2n) is 26.0. The number of benzene rings is 6. The average molecular weight is 1400 g/mol. The fourth-order valence-corrected chi connectivity index (χ4v) is 13.4. The first-order valence-corrected chi connectivity index (χ1v) is 35.7. The van der Waals surface area contributed by atoms with Gasteiger partial charge in [0, 0.05) is 153 Å². The van der Waals surface area contributed by atoms with Crippen LogP contribution in [0.25, 0.3) is 44.3 Å². The molecule has 0 saturated carbocycles. The lowest BCUT2D eigenvalue weighted by molar-refractivity contribution is 0.0342. The van der Waals surface area contributed by atoms with E-state index in [-0.39, 0.29) is 74.3 Å². The third-order valence-electron chi connectivity index (χ3n) is 19.1. The number of carbonyl (C=O) groups excluding carboxylic acids is 4. The number of morpholine rings is 1. The summed E-state index contributed by atoms with van der Waals surface area (Å²) in [5.74, 6) is -2.02. The molecule has 3 aliphatic heterocycles. The van der Waals surface area contributed by atoms with Gasteiger partial charge in [-0.15, -0.1) is 0 Å². The summed E-state index contributed by atoms with van der Waals surface area (Å²) < 4.78 is 50.2. The number of amides is 4. The number of aryl methyl sites for hydroxylation is 4. The van der Waals surface area contributed by atoms with Gasteiger partial charge in [0.25, 0.3) is 23.6 Å². The summed E-state index contributed by atoms with van der Waals surface area (Å²) in [6, 6.07) is 38.2. The maximum absolute atomic E-state index is 15.1. The van der Waals surface area contributed by atoms with E-state index in [0.29, 0.717) is 102 Å². The van der Waals surface area contributed by atoms with Crippen molar-refractivity contribution in [3.8, 4) is 22.3 Å². The first-order valence-electron chi connectivity index (χ1n) is 35.7. The molecule has 0 radical (unpaired) electrons. The van der Waals surface area contributed by atoms with Gasteiger partial charge in [-0.1, -0.05) is 74.5 Å². The zero-order valence-corrected chi connectivity index (χ0v) is 58.8. The van der Waals surface area contributed by atoms with Crippen LogP contribution in [0.4, 0.5) is 20.2 Å². The molecule has 13 rings (SSSR count). The standard InChI is InChI=1S/C42H48FN7O4.C38H41FN6O4/c1-3-38-35(39(47-33-13-17-53-18-14-33)36-26-46-50(4-2)40(36)48-38)25-45-42(52)32-10-6-9-31(23-32)41(51)44-24-28-11-12-37(43)34(22-28)30-8-5-7-29(21-30)27-49-15-19-54-20-16-49;1-3-34-31(35(43-29-13-15-49-16-14-29)32-22-42-45(4-2)36(32)44-34)21-41-38(48)28-10-6-9-27(19-28)37(47)40-20-24-11-12-33(39)30(18-24)26-8-5-7-25(17-26)23-46/h5-12,21-23,26,33H,3-4,13-20,24-25,27H2,1-2H3,(H,44,51)(H,45,52)(H,47,48);5-12,17-19,22,29,46H,3-4,13-16,20-21,23H2,1-2H3,(H,40,47)(H,41,48)(H,43,44). The summed E-state index contributed by atoms with van der Waals surface area (Å²) in [5, 5.41) is 39.9. The van der Waals surface area contributed by atoms with Crippen molar-refractivity contribution in [3.63, 3.8) is 0 Å². The summed E-state index contributed by atoms with van der Waals surface area (Å²) >= 11 is 0. The van der Waals surface area contributed by atoms with E-state index in [4.69, 9.17) is 24.2 Å². The Balaban J connectivity index is 0.000000195. The Bertz CT molecular complexity index is 4660. The Morgan fingerprint density at radius 1 is 0.476 bits per heavy atom. The molecule has 3 fully saturated rings. The Labute approximate surface area is 598 Å².